The van der Waals surface area contributed by atoms with Crippen LogP contribution in [0.2, 0.25) is 0 Å². The van der Waals surface area contributed by atoms with Gasteiger partial charge in [-0.2, -0.15) is 0 Å². The van der Waals surface area contributed by atoms with E-state index in [0.717, 1.165) is 66.3 Å². The van der Waals surface area contributed by atoms with Gasteiger partial charge in [0.15, 0.2) is 0 Å². The summed E-state index contributed by atoms with van der Waals surface area (Å²) in [5.41, 5.74) is 2.75. The lowest BCUT2D eigenvalue weighted by atomic mass is 10.1. The summed E-state index contributed by atoms with van der Waals surface area (Å²) in [6.07, 6.45) is 6.17. The molecular weight excluding hydrogens is 356 g/mol. The average molecular weight is 380 g/mol. The largest absolute Gasteiger partial charge is 0.361 e. The molecule has 0 unspecified atom stereocenters. The fourth-order valence-corrected chi connectivity index (χ4v) is 4.27. The zero-order valence-corrected chi connectivity index (χ0v) is 16.2. The van der Waals surface area contributed by atoms with Gasteiger partial charge in [-0.15, -0.1) is 0 Å². The van der Waals surface area contributed by atoms with Crippen LogP contribution in [0.15, 0.2) is 23.1 Å². The van der Waals surface area contributed by atoms with E-state index in [1.54, 1.807) is 6.33 Å². The molecule has 1 saturated heterocycles. The Hall–Kier alpha value is -2.90. The van der Waals surface area contributed by atoms with Gasteiger partial charge in [0, 0.05) is 43.4 Å². The molecule has 8 heteroatoms. The Labute approximate surface area is 162 Å². The second-order valence-corrected chi connectivity index (χ2v) is 8.15. The van der Waals surface area contributed by atoms with Crippen molar-refractivity contribution in [3.05, 3.63) is 35.6 Å². The summed E-state index contributed by atoms with van der Waals surface area (Å²) in [7, 11) is 0. The summed E-state index contributed by atoms with van der Waals surface area (Å²) < 4.78 is 5.22. The number of anilines is 1. The van der Waals surface area contributed by atoms with E-state index in [1.807, 2.05) is 31.0 Å². The van der Waals surface area contributed by atoms with Crippen molar-refractivity contribution in [3.8, 4) is 0 Å². The standard InChI is InChI=1S/C20H24N6O2/c1-13-16(14(2)28-24-13)9-17(27)25-7-8-26(11-20(10-25)4-5-20)19-15-3-6-21-18(15)22-12-23-19/h3,6,12H,4-5,7-11H2,1-2H3,(H,21,22,23). The molecule has 2 aliphatic rings. The van der Waals surface area contributed by atoms with Crippen LogP contribution in [0.5, 0.6) is 0 Å². The number of hydrogen-bond acceptors (Lipinski definition) is 6. The number of carbonyl (C=O) groups is 1. The molecule has 5 rings (SSSR count). The van der Waals surface area contributed by atoms with Gasteiger partial charge in [0.2, 0.25) is 5.91 Å². The first-order chi connectivity index (χ1) is 13.5. The molecule has 8 nitrogen and oxygen atoms in total. The van der Waals surface area contributed by atoms with Crippen LogP contribution in [0.1, 0.15) is 29.9 Å². The highest BCUT2D eigenvalue weighted by atomic mass is 16.5. The lowest BCUT2D eigenvalue weighted by Crippen LogP contribution is -2.37. The number of amides is 1. The highest BCUT2D eigenvalue weighted by Crippen LogP contribution is 2.48. The van der Waals surface area contributed by atoms with Crippen LogP contribution in [0.4, 0.5) is 5.82 Å². The minimum absolute atomic E-state index is 0.150. The maximum atomic E-state index is 13.1. The lowest BCUT2D eigenvalue weighted by Gasteiger charge is -2.25. The summed E-state index contributed by atoms with van der Waals surface area (Å²) >= 11 is 0. The van der Waals surface area contributed by atoms with E-state index in [4.69, 9.17) is 4.52 Å². The first-order valence-corrected chi connectivity index (χ1v) is 9.77. The molecule has 0 radical (unpaired) electrons. The van der Waals surface area contributed by atoms with Gasteiger partial charge in [0.25, 0.3) is 0 Å². The van der Waals surface area contributed by atoms with Crippen molar-refractivity contribution >= 4 is 22.8 Å². The number of aromatic amines is 1. The topological polar surface area (TPSA) is 91.2 Å². The molecule has 2 fully saturated rings. The SMILES string of the molecule is Cc1noc(C)c1CC(=O)N1CCN(c2ncnc3[nH]ccc23)CC2(CC2)C1. The number of hydrogen-bond donors (Lipinski definition) is 1. The molecule has 0 atom stereocenters. The van der Waals surface area contributed by atoms with Crippen LogP contribution in [-0.4, -0.2) is 57.1 Å². The van der Waals surface area contributed by atoms with Crippen LogP contribution < -0.4 is 4.90 Å². The van der Waals surface area contributed by atoms with Crippen LogP contribution >= 0.6 is 0 Å². The van der Waals surface area contributed by atoms with Crippen LogP contribution in [-0.2, 0) is 11.2 Å². The maximum Gasteiger partial charge on any atom is 0.227 e. The number of carbonyl (C=O) groups excluding carboxylic acids is 1. The summed E-state index contributed by atoms with van der Waals surface area (Å²) in [6, 6.07) is 2.02. The zero-order chi connectivity index (χ0) is 19.3. The molecule has 146 valence electrons. The molecule has 0 bridgehead atoms. The Morgan fingerprint density at radius 1 is 1.25 bits per heavy atom. The number of nitrogens with one attached hydrogen (secondary N) is 1. The van der Waals surface area contributed by atoms with Gasteiger partial charge in [0.1, 0.15) is 23.6 Å². The number of rotatable bonds is 3. The maximum absolute atomic E-state index is 13.1. The smallest absolute Gasteiger partial charge is 0.227 e. The van der Waals surface area contributed by atoms with Gasteiger partial charge in [-0.1, -0.05) is 5.16 Å². The Balaban J connectivity index is 1.38. The van der Waals surface area contributed by atoms with Crippen molar-refractivity contribution in [3.63, 3.8) is 0 Å². The van der Waals surface area contributed by atoms with E-state index in [0.29, 0.717) is 13.0 Å². The molecule has 1 saturated carbocycles. The molecule has 3 aromatic rings. The minimum Gasteiger partial charge on any atom is -0.361 e. The van der Waals surface area contributed by atoms with Crippen molar-refractivity contribution in [1.29, 1.82) is 0 Å². The van der Waals surface area contributed by atoms with Gasteiger partial charge in [-0.3, -0.25) is 4.79 Å². The first-order valence-electron chi connectivity index (χ1n) is 9.77. The van der Waals surface area contributed by atoms with Crippen molar-refractivity contribution in [1.82, 2.24) is 25.0 Å². The second-order valence-electron chi connectivity index (χ2n) is 8.15. The molecule has 1 aliphatic carbocycles. The number of aromatic nitrogens is 4. The van der Waals surface area contributed by atoms with E-state index in [-0.39, 0.29) is 11.3 Å². The molecule has 4 heterocycles. The fourth-order valence-electron chi connectivity index (χ4n) is 4.27. The molecule has 1 spiro atoms. The van der Waals surface area contributed by atoms with Crippen molar-refractivity contribution in [2.24, 2.45) is 5.41 Å². The molecule has 1 aliphatic heterocycles. The highest BCUT2D eigenvalue weighted by molar-refractivity contribution is 5.87. The Morgan fingerprint density at radius 3 is 2.86 bits per heavy atom. The quantitative estimate of drug-likeness (QED) is 0.749. The molecule has 1 amide bonds. The number of fused-ring (bicyclic) bond motifs is 1. The Kier molecular flexibility index (Phi) is 3.89. The highest BCUT2D eigenvalue weighted by Gasteiger charge is 2.48. The fraction of sp³-hybridized carbons (Fsp3) is 0.500. The third kappa shape index (κ3) is 2.93. The molecular formula is C20H24N6O2. The van der Waals surface area contributed by atoms with Gasteiger partial charge in [0.05, 0.1) is 17.5 Å². The van der Waals surface area contributed by atoms with Crippen LogP contribution in [0, 0.1) is 19.3 Å². The van der Waals surface area contributed by atoms with E-state index in [2.05, 4.69) is 25.0 Å². The first kappa shape index (κ1) is 17.2. The van der Waals surface area contributed by atoms with Crippen molar-refractivity contribution < 1.29 is 9.32 Å². The molecule has 28 heavy (non-hydrogen) atoms. The normalized spacial score (nSPS) is 18.6. The number of nitrogens with zero attached hydrogens (tertiary/aromatic N) is 5. The third-order valence-electron chi connectivity index (χ3n) is 6.14. The van der Waals surface area contributed by atoms with E-state index < -0.39 is 0 Å². The average Bonchev–Trinajstić information content (AvgIpc) is 3.22. The van der Waals surface area contributed by atoms with Gasteiger partial charge in [-0.25, -0.2) is 9.97 Å². The van der Waals surface area contributed by atoms with Crippen LogP contribution in [0.25, 0.3) is 11.0 Å². The number of H-pyrrole nitrogens is 1. The van der Waals surface area contributed by atoms with Crippen LogP contribution in [0.3, 0.4) is 0 Å². The zero-order valence-electron chi connectivity index (χ0n) is 16.2. The predicted octanol–water partition coefficient (Wildman–Crippen LogP) is 2.23. The Morgan fingerprint density at radius 2 is 2.11 bits per heavy atom. The molecule has 1 N–H and O–H groups in total. The summed E-state index contributed by atoms with van der Waals surface area (Å²) in [4.78, 5) is 29.4. The Bertz CT molecular complexity index is 1010. The number of aryl methyl sites for hydroxylation is 2. The van der Waals surface area contributed by atoms with Gasteiger partial charge >= 0.3 is 0 Å². The van der Waals surface area contributed by atoms with Gasteiger partial charge < -0.3 is 19.3 Å². The van der Waals surface area contributed by atoms with E-state index in [1.165, 1.54) is 0 Å². The monoisotopic (exact) mass is 380 g/mol. The predicted molar refractivity (Wildman–Crippen MR) is 104 cm³/mol. The summed E-state index contributed by atoms with van der Waals surface area (Å²) in [6.45, 7) is 6.97. The van der Waals surface area contributed by atoms with Crippen molar-refractivity contribution in [2.45, 2.75) is 33.1 Å². The lowest BCUT2D eigenvalue weighted by molar-refractivity contribution is -0.130. The summed E-state index contributed by atoms with van der Waals surface area (Å²) in [5.74, 6) is 1.84. The van der Waals surface area contributed by atoms with Gasteiger partial charge in [-0.05, 0) is 32.8 Å². The van der Waals surface area contributed by atoms with E-state index in [9.17, 15) is 4.79 Å². The second kappa shape index (κ2) is 6.32. The van der Waals surface area contributed by atoms with Crippen molar-refractivity contribution in [2.75, 3.05) is 31.1 Å². The molecule has 0 aromatic carbocycles. The van der Waals surface area contributed by atoms with E-state index >= 15 is 0 Å². The minimum atomic E-state index is 0.150. The third-order valence-corrected chi connectivity index (χ3v) is 6.14. The summed E-state index contributed by atoms with van der Waals surface area (Å²) in [5, 5.41) is 5.01. The molecule has 3 aromatic heterocycles.